The lowest BCUT2D eigenvalue weighted by atomic mass is 10.2. The van der Waals surface area contributed by atoms with E-state index in [0.717, 1.165) is 24.3 Å². The van der Waals surface area contributed by atoms with Crippen molar-refractivity contribution in [3.8, 4) is 5.75 Å². The first-order valence-corrected chi connectivity index (χ1v) is 5.27. The van der Waals surface area contributed by atoms with Crippen LogP contribution in [-0.4, -0.2) is 12.9 Å². The van der Waals surface area contributed by atoms with E-state index < -0.39 is 0 Å². The molecule has 0 aliphatic heterocycles. The SMILES string of the molecule is C=Cc1cccc(OC(C)OCCC)c1. The van der Waals surface area contributed by atoms with Crippen LogP contribution >= 0.6 is 0 Å². The van der Waals surface area contributed by atoms with Gasteiger partial charge in [-0.3, -0.25) is 0 Å². The van der Waals surface area contributed by atoms with Crippen molar-refractivity contribution in [1.29, 1.82) is 0 Å². The molecule has 0 aromatic heterocycles. The fourth-order valence-electron chi connectivity index (χ4n) is 1.22. The molecule has 2 nitrogen and oxygen atoms in total. The summed E-state index contributed by atoms with van der Waals surface area (Å²) in [5.41, 5.74) is 1.05. The molecular weight excluding hydrogens is 188 g/mol. The third-order valence-corrected chi connectivity index (χ3v) is 1.95. The van der Waals surface area contributed by atoms with Crippen molar-refractivity contribution in [2.24, 2.45) is 0 Å². The first-order valence-electron chi connectivity index (χ1n) is 5.27. The fourth-order valence-corrected chi connectivity index (χ4v) is 1.22. The maximum absolute atomic E-state index is 5.59. The standard InChI is InChI=1S/C13H18O2/c1-4-9-14-11(3)15-13-8-6-7-12(5-2)10-13/h5-8,10-11H,2,4,9H2,1,3H3. The van der Waals surface area contributed by atoms with E-state index in [1.807, 2.05) is 31.2 Å². The summed E-state index contributed by atoms with van der Waals surface area (Å²) in [6.45, 7) is 8.41. The van der Waals surface area contributed by atoms with Gasteiger partial charge in [0.2, 0.25) is 0 Å². The highest BCUT2D eigenvalue weighted by Crippen LogP contribution is 2.15. The zero-order chi connectivity index (χ0) is 11.1. The molecule has 0 N–H and O–H groups in total. The predicted molar refractivity (Wildman–Crippen MR) is 62.9 cm³/mol. The summed E-state index contributed by atoms with van der Waals surface area (Å²) in [6, 6.07) is 7.79. The zero-order valence-corrected chi connectivity index (χ0v) is 9.40. The van der Waals surface area contributed by atoms with E-state index in [1.165, 1.54) is 0 Å². The van der Waals surface area contributed by atoms with Crippen LogP contribution < -0.4 is 4.74 Å². The molecule has 0 fully saturated rings. The van der Waals surface area contributed by atoms with Crippen molar-refractivity contribution >= 4 is 6.08 Å². The summed E-state index contributed by atoms with van der Waals surface area (Å²) in [7, 11) is 0. The smallest absolute Gasteiger partial charge is 0.196 e. The maximum atomic E-state index is 5.59. The molecule has 0 amide bonds. The topological polar surface area (TPSA) is 18.5 Å². The Kier molecular flexibility index (Phi) is 4.91. The molecule has 0 saturated heterocycles. The summed E-state index contributed by atoms with van der Waals surface area (Å²) in [5.74, 6) is 0.816. The fraction of sp³-hybridized carbons (Fsp3) is 0.385. The van der Waals surface area contributed by atoms with Crippen LogP contribution in [0.15, 0.2) is 30.8 Å². The third-order valence-electron chi connectivity index (χ3n) is 1.95. The van der Waals surface area contributed by atoms with Crippen LogP contribution in [0.5, 0.6) is 5.75 Å². The predicted octanol–water partition coefficient (Wildman–Crippen LogP) is 3.48. The van der Waals surface area contributed by atoms with E-state index in [1.54, 1.807) is 6.08 Å². The Morgan fingerprint density at radius 2 is 2.27 bits per heavy atom. The van der Waals surface area contributed by atoms with Crippen LogP contribution in [-0.2, 0) is 4.74 Å². The molecule has 0 spiro atoms. The van der Waals surface area contributed by atoms with Crippen LogP contribution in [0.4, 0.5) is 0 Å². The Bertz CT molecular complexity index is 307. The van der Waals surface area contributed by atoms with Gasteiger partial charge in [-0.2, -0.15) is 0 Å². The number of rotatable bonds is 6. The van der Waals surface area contributed by atoms with Crippen molar-refractivity contribution < 1.29 is 9.47 Å². The summed E-state index contributed by atoms with van der Waals surface area (Å²) in [5, 5.41) is 0. The van der Waals surface area contributed by atoms with Gasteiger partial charge in [-0.1, -0.05) is 31.7 Å². The molecule has 1 unspecified atom stereocenters. The van der Waals surface area contributed by atoms with Crippen molar-refractivity contribution in [2.45, 2.75) is 26.6 Å². The Hall–Kier alpha value is -1.28. The van der Waals surface area contributed by atoms with Gasteiger partial charge in [0.05, 0.1) is 6.61 Å². The van der Waals surface area contributed by atoms with Crippen LogP contribution in [0, 0.1) is 0 Å². The molecule has 0 aliphatic carbocycles. The third kappa shape index (κ3) is 4.17. The van der Waals surface area contributed by atoms with Crippen molar-refractivity contribution in [3.05, 3.63) is 36.4 Å². The van der Waals surface area contributed by atoms with Gasteiger partial charge in [-0.15, -0.1) is 0 Å². The molecule has 0 heterocycles. The lowest BCUT2D eigenvalue weighted by Gasteiger charge is -2.15. The quantitative estimate of drug-likeness (QED) is 0.663. The van der Waals surface area contributed by atoms with Gasteiger partial charge < -0.3 is 9.47 Å². The lowest BCUT2D eigenvalue weighted by Crippen LogP contribution is -2.16. The Morgan fingerprint density at radius 1 is 1.47 bits per heavy atom. The minimum absolute atomic E-state index is 0.204. The van der Waals surface area contributed by atoms with Gasteiger partial charge in [0.1, 0.15) is 5.75 Å². The molecule has 1 atom stereocenters. The van der Waals surface area contributed by atoms with Crippen LogP contribution in [0.1, 0.15) is 25.8 Å². The van der Waals surface area contributed by atoms with Gasteiger partial charge in [-0.05, 0) is 31.0 Å². The minimum Gasteiger partial charge on any atom is -0.465 e. The van der Waals surface area contributed by atoms with Gasteiger partial charge in [0, 0.05) is 0 Å². The van der Waals surface area contributed by atoms with Crippen molar-refractivity contribution in [1.82, 2.24) is 0 Å². The largest absolute Gasteiger partial charge is 0.465 e. The second kappa shape index (κ2) is 6.25. The molecule has 0 radical (unpaired) electrons. The molecule has 1 rings (SSSR count). The van der Waals surface area contributed by atoms with Gasteiger partial charge in [0.25, 0.3) is 0 Å². The summed E-state index contributed by atoms with van der Waals surface area (Å²) in [4.78, 5) is 0. The minimum atomic E-state index is -0.204. The zero-order valence-electron chi connectivity index (χ0n) is 9.40. The van der Waals surface area contributed by atoms with Gasteiger partial charge >= 0.3 is 0 Å². The molecular formula is C13H18O2. The Labute approximate surface area is 91.5 Å². The first kappa shape index (κ1) is 11.8. The number of benzene rings is 1. The molecule has 0 aliphatic rings. The van der Waals surface area contributed by atoms with E-state index in [0.29, 0.717) is 0 Å². The van der Waals surface area contributed by atoms with Crippen LogP contribution in [0.3, 0.4) is 0 Å². The monoisotopic (exact) mass is 206 g/mol. The van der Waals surface area contributed by atoms with E-state index in [-0.39, 0.29) is 6.29 Å². The van der Waals surface area contributed by atoms with E-state index in [2.05, 4.69) is 13.5 Å². The summed E-state index contributed by atoms with van der Waals surface area (Å²) >= 11 is 0. The molecule has 15 heavy (non-hydrogen) atoms. The second-order valence-electron chi connectivity index (χ2n) is 3.33. The lowest BCUT2D eigenvalue weighted by molar-refractivity contribution is -0.0662. The number of hydrogen-bond donors (Lipinski definition) is 0. The van der Waals surface area contributed by atoms with E-state index >= 15 is 0 Å². The highest BCUT2D eigenvalue weighted by molar-refractivity contribution is 5.49. The summed E-state index contributed by atoms with van der Waals surface area (Å²) in [6.07, 6.45) is 2.59. The highest BCUT2D eigenvalue weighted by atomic mass is 16.7. The molecule has 1 aromatic rings. The number of hydrogen-bond acceptors (Lipinski definition) is 2. The molecule has 1 aromatic carbocycles. The van der Waals surface area contributed by atoms with Crippen molar-refractivity contribution in [3.63, 3.8) is 0 Å². The van der Waals surface area contributed by atoms with Gasteiger partial charge in [-0.25, -0.2) is 0 Å². The average molecular weight is 206 g/mol. The van der Waals surface area contributed by atoms with Gasteiger partial charge in [0.15, 0.2) is 6.29 Å². The summed E-state index contributed by atoms with van der Waals surface area (Å²) < 4.78 is 11.0. The molecule has 82 valence electrons. The average Bonchev–Trinajstić information content (AvgIpc) is 2.26. The van der Waals surface area contributed by atoms with Crippen LogP contribution in [0.2, 0.25) is 0 Å². The Balaban J connectivity index is 2.52. The van der Waals surface area contributed by atoms with Crippen molar-refractivity contribution in [2.75, 3.05) is 6.61 Å². The Morgan fingerprint density at radius 3 is 2.93 bits per heavy atom. The van der Waals surface area contributed by atoms with E-state index in [4.69, 9.17) is 9.47 Å². The normalized spacial score (nSPS) is 12.1. The highest BCUT2D eigenvalue weighted by Gasteiger charge is 2.02. The second-order valence-corrected chi connectivity index (χ2v) is 3.33. The molecule has 0 saturated carbocycles. The van der Waals surface area contributed by atoms with E-state index in [9.17, 15) is 0 Å². The molecule has 0 bridgehead atoms. The van der Waals surface area contributed by atoms with Crippen LogP contribution in [0.25, 0.3) is 6.08 Å². The first-order chi connectivity index (χ1) is 7.26. The number of ether oxygens (including phenoxy) is 2. The molecule has 2 heteroatoms. The maximum Gasteiger partial charge on any atom is 0.196 e.